The number of ether oxygens (including phenoxy) is 1. The van der Waals surface area contributed by atoms with Crippen molar-refractivity contribution >= 4 is 17.9 Å². The zero-order valence-electron chi connectivity index (χ0n) is 23.2. The fraction of sp³-hybridized carbons (Fsp3) is 0.483. The summed E-state index contributed by atoms with van der Waals surface area (Å²) in [6.45, 7) is 11.1. The number of alkyl carbamates (subject to hydrolysis) is 1. The molecule has 9 nitrogen and oxygen atoms in total. The van der Waals surface area contributed by atoms with Gasteiger partial charge in [-0.1, -0.05) is 37.6 Å². The molecule has 9 heteroatoms. The third kappa shape index (κ3) is 9.61. The molecule has 0 fully saturated rings. The molecule has 0 aliphatic carbocycles. The standard InChI is InChI=1S/C29H41N3O6/c1-7-8-16-32(25(26(35)30-19(2)3)21-10-9-11-23(34)18-21)27(36)24(31-28(37)38-29(4,5)6)17-20-12-14-22(33)15-13-20/h9-15,18-19,24-25,33-34H,7-8,16-17H2,1-6H3,(H,30,35)(H,31,37). The lowest BCUT2D eigenvalue weighted by molar-refractivity contribution is -0.142. The number of benzene rings is 2. The summed E-state index contributed by atoms with van der Waals surface area (Å²) in [5, 5.41) is 25.4. The van der Waals surface area contributed by atoms with E-state index in [1.165, 1.54) is 29.2 Å². The van der Waals surface area contributed by atoms with Gasteiger partial charge in [0.2, 0.25) is 11.8 Å². The van der Waals surface area contributed by atoms with Crippen LogP contribution >= 0.6 is 0 Å². The predicted octanol–water partition coefficient (Wildman–Crippen LogP) is 4.43. The highest BCUT2D eigenvalue weighted by Gasteiger charge is 2.36. The molecule has 0 bridgehead atoms. The summed E-state index contributed by atoms with van der Waals surface area (Å²) in [7, 11) is 0. The van der Waals surface area contributed by atoms with E-state index in [0.29, 0.717) is 17.5 Å². The molecule has 208 valence electrons. The molecule has 0 saturated carbocycles. The minimum Gasteiger partial charge on any atom is -0.508 e. The van der Waals surface area contributed by atoms with Gasteiger partial charge >= 0.3 is 6.09 Å². The second-order valence-corrected chi connectivity index (χ2v) is 10.6. The molecule has 38 heavy (non-hydrogen) atoms. The highest BCUT2D eigenvalue weighted by Crippen LogP contribution is 2.27. The number of hydrogen-bond donors (Lipinski definition) is 4. The van der Waals surface area contributed by atoms with Gasteiger partial charge < -0.3 is 30.5 Å². The molecule has 2 atom stereocenters. The van der Waals surface area contributed by atoms with E-state index in [0.717, 1.165) is 6.42 Å². The van der Waals surface area contributed by atoms with Gasteiger partial charge in [0, 0.05) is 19.0 Å². The Morgan fingerprint density at radius 3 is 2.18 bits per heavy atom. The number of phenols is 2. The van der Waals surface area contributed by atoms with Crippen LogP contribution in [0, 0.1) is 0 Å². The first-order valence-electron chi connectivity index (χ1n) is 13.0. The Balaban J connectivity index is 2.54. The number of carbonyl (C=O) groups is 3. The molecule has 0 spiro atoms. The number of carbonyl (C=O) groups excluding carboxylic acids is 3. The van der Waals surface area contributed by atoms with E-state index in [9.17, 15) is 24.6 Å². The largest absolute Gasteiger partial charge is 0.508 e. The van der Waals surface area contributed by atoms with Crippen molar-refractivity contribution in [1.82, 2.24) is 15.5 Å². The van der Waals surface area contributed by atoms with Gasteiger partial charge in [-0.05, 0) is 76.4 Å². The smallest absolute Gasteiger partial charge is 0.408 e. The number of hydrogen-bond acceptors (Lipinski definition) is 6. The van der Waals surface area contributed by atoms with Gasteiger partial charge in [-0.25, -0.2) is 4.79 Å². The molecule has 2 aromatic carbocycles. The predicted molar refractivity (Wildman–Crippen MR) is 146 cm³/mol. The number of unbranched alkanes of at least 4 members (excludes halogenated alkanes) is 1. The summed E-state index contributed by atoms with van der Waals surface area (Å²) in [5.74, 6) is -0.809. The maximum absolute atomic E-state index is 14.2. The topological polar surface area (TPSA) is 128 Å². The normalized spacial score (nSPS) is 12.9. The first-order chi connectivity index (χ1) is 17.8. The Morgan fingerprint density at radius 1 is 0.974 bits per heavy atom. The highest BCUT2D eigenvalue weighted by atomic mass is 16.6. The summed E-state index contributed by atoms with van der Waals surface area (Å²) in [6, 6.07) is 10.3. The first kappa shape index (κ1) is 30.5. The molecule has 2 rings (SSSR count). The molecule has 0 saturated heterocycles. The average Bonchev–Trinajstić information content (AvgIpc) is 2.80. The van der Waals surface area contributed by atoms with E-state index in [4.69, 9.17) is 4.74 Å². The van der Waals surface area contributed by atoms with E-state index in [1.54, 1.807) is 45.0 Å². The van der Waals surface area contributed by atoms with Crippen LogP contribution < -0.4 is 10.6 Å². The Morgan fingerprint density at radius 2 is 1.63 bits per heavy atom. The molecule has 2 unspecified atom stereocenters. The molecule has 2 aromatic rings. The monoisotopic (exact) mass is 527 g/mol. The van der Waals surface area contributed by atoms with E-state index in [-0.39, 0.29) is 30.5 Å². The van der Waals surface area contributed by atoms with Gasteiger partial charge in [0.1, 0.15) is 29.2 Å². The molecule has 0 radical (unpaired) electrons. The van der Waals surface area contributed by atoms with Gasteiger partial charge in [0.25, 0.3) is 0 Å². The van der Waals surface area contributed by atoms with Gasteiger partial charge in [-0.2, -0.15) is 0 Å². The number of nitrogens with zero attached hydrogens (tertiary/aromatic N) is 1. The average molecular weight is 528 g/mol. The number of aromatic hydroxyl groups is 2. The van der Waals surface area contributed by atoms with Crippen LogP contribution in [0.2, 0.25) is 0 Å². The molecule has 0 aliphatic rings. The molecular formula is C29H41N3O6. The van der Waals surface area contributed by atoms with Crippen LogP contribution in [0.5, 0.6) is 11.5 Å². The van der Waals surface area contributed by atoms with Crippen LogP contribution in [0.3, 0.4) is 0 Å². The quantitative estimate of drug-likeness (QED) is 0.342. The number of amides is 3. The summed E-state index contributed by atoms with van der Waals surface area (Å²) < 4.78 is 5.42. The Hall–Kier alpha value is -3.75. The van der Waals surface area contributed by atoms with E-state index >= 15 is 0 Å². The molecule has 3 amide bonds. The van der Waals surface area contributed by atoms with Gasteiger partial charge in [-0.15, -0.1) is 0 Å². The molecule has 0 aliphatic heterocycles. The van der Waals surface area contributed by atoms with Crippen LogP contribution in [0.1, 0.15) is 71.6 Å². The van der Waals surface area contributed by atoms with Crippen molar-refractivity contribution in [2.45, 2.75) is 84.5 Å². The van der Waals surface area contributed by atoms with Gasteiger partial charge in [0.05, 0.1) is 0 Å². The minimum atomic E-state index is -1.06. The fourth-order valence-corrected chi connectivity index (χ4v) is 3.94. The third-order valence-electron chi connectivity index (χ3n) is 5.58. The zero-order chi connectivity index (χ0) is 28.5. The molecule has 4 N–H and O–H groups in total. The summed E-state index contributed by atoms with van der Waals surface area (Å²) in [6.07, 6.45) is 0.740. The maximum Gasteiger partial charge on any atom is 0.408 e. The third-order valence-corrected chi connectivity index (χ3v) is 5.58. The Kier molecular flexibility index (Phi) is 11.0. The van der Waals surface area contributed by atoms with Crippen molar-refractivity contribution in [2.75, 3.05) is 6.54 Å². The minimum absolute atomic E-state index is 0.0275. The Bertz CT molecular complexity index is 1080. The molecule has 0 aromatic heterocycles. The summed E-state index contributed by atoms with van der Waals surface area (Å²) in [4.78, 5) is 41.9. The van der Waals surface area contributed by atoms with Crippen molar-refractivity contribution in [1.29, 1.82) is 0 Å². The maximum atomic E-state index is 14.2. The number of rotatable bonds is 11. The van der Waals surface area contributed by atoms with Crippen LogP contribution in [-0.4, -0.2) is 57.3 Å². The van der Waals surface area contributed by atoms with Crippen LogP contribution in [-0.2, 0) is 20.7 Å². The second kappa shape index (κ2) is 13.7. The highest BCUT2D eigenvalue weighted by molar-refractivity contribution is 5.92. The number of nitrogens with one attached hydrogen (secondary N) is 2. The number of phenolic OH excluding ortho intramolecular Hbond substituents is 2. The zero-order valence-corrected chi connectivity index (χ0v) is 23.2. The van der Waals surface area contributed by atoms with Crippen LogP contribution in [0.15, 0.2) is 48.5 Å². The van der Waals surface area contributed by atoms with Crippen LogP contribution in [0.4, 0.5) is 4.79 Å². The first-order valence-corrected chi connectivity index (χ1v) is 13.0. The van der Waals surface area contributed by atoms with Crippen molar-refractivity contribution in [3.05, 3.63) is 59.7 Å². The van der Waals surface area contributed by atoms with Gasteiger partial charge in [-0.3, -0.25) is 9.59 Å². The van der Waals surface area contributed by atoms with Crippen molar-refractivity contribution in [2.24, 2.45) is 0 Å². The molecular weight excluding hydrogens is 486 g/mol. The SMILES string of the molecule is CCCCN(C(=O)C(Cc1ccc(O)cc1)NC(=O)OC(C)(C)C)C(C(=O)NC(C)C)c1cccc(O)c1. The lowest BCUT2D eigenvalue weighted by Gasteiger charge is -2.35. The second-order valence-electron chi connectivity index (χ2n) is 10.6. The lowest BCUT2D eigenvalue weighted by atomic mass is 9.99. The lowest BCUT2D eigenvalue weighted by Crippen LogP contribution is -2.54. The van der Waals surface area contributed by atoms with Crippen molar-refractivity contribution in [3.63, 3.8) is 0 Å². The fourth-order valence-electron chi connectivity index (χ4n) is 3.94. The van der Waals surface area contributed by atoms with Gasteiger partial charge in [0.15, 0.2) is 0 Å². The molecule has 0 heterocycles. The van der Waals surface area contributed by atoms with E-state index < -0.39 is 35.6 Å². The van der Waals surface area contributed by atoms with E-state index in [2.05, 4.69) is 10.6 Å². The van der Waals surface area contributed by atoms with Crippen molar-refractivity contribution in [3.8, 4) is 11.5 Å². The summed E-state index contributed by atoms with van der Waals surface area (Å²) in [5.41, 5.74) is 0.376. The van der Waals surface area contributed by atoms with Crippen molar-refractivity contribution < 1.29 is 29.3 Å². The van der Waals surface area contributed by atoms with Crippen LogP contribution in [0.25, 0.3) is 0 Å². The Labute approximate surface area is 225 Å². The summed E-state index contributed by atoms with van der Waals surface area (Å²) >= 11 is 0. The van der Waals surface area contributed by atoms with E-state index in [1.807, 2.05) is 20.8 Å².